The van der Waals surface area contributed by atoms with E-state index in [1.54, 1.807) is 0 Å². The largest absolute Gasteiger partial charge is 0.391 e. The molecule has 0 spiro atoms. The molecule has 4 heteroatoms. The predicted molar refractivity (Wildman–Crippen MR) is 69.3 cm³/mol. The van der Waals surface area contributed by atoms with Crippen LogP contribution in [0.5, 0.6) is 0 Å². The molecule has 2 N–H and O–H groups in total. The van der Waals surface area contributed by atoms with Gasteiger partial charge >= 0.3 is 0 Å². The Morgan fingerprint density at radius 3 is 2.88 bits per heavy atom. The molecule has 0 amide bonds. The summed E-state index contributed by atoms with van der Waals surface area (Å²) in [6.07, 6.45) is 1.53. The van der Waals surface area contributed by atoms with Gasteiger partial charge in [-0.05, 0) is 44.0 Å². The number of nitrogens with one attached hydrogen (secondary N) is 1. The zero-order chi connectivity index (χ0) is 10.9. The lowest BCUT2D eigenvalue weighted by Gasteiger charge is -2.40. The monoisotopic (exact) mass is 261 g/mol. The molecule has 2 nitrogen and oxygen atoms in total. The van der Waals surface area contributed by atoms with Crippen molar-refractivity contribution in [3.8, 4) is 0 Å². The van der Waals surface area contributed by atoms with Crippen LogP contribution < -0.4 is 5.32 Å². The Morgan fingerprint density at radius 2 is 2.25 bits per heavy atom. The fourth-order valence-corrected chi connectivity index (χ4v) is 2.35. The summed E-state index contributed by atoms with van der Waals surface area (Å²) in [6.45, 7) is 2.97. The normalized spacial score (nSPS) is 29.6. The zero-order valence-corrected chi connectivity index (χ0v) is 10.8. The molecule has 1 aromatic carbocycles. The third kappa shape index (κ3) is 2.51. The minimum atomic E-state index is -0.358. The quantitative estimate of drug-likeness (QED) is 0.815. The highest BCUT2D eigenvalue weighted by Crippen LogP contribution is 2.31. The van der Waals surface area contributed by atoms with Gasteiger partial charge in [0, 0.05) is 5.02 Å². The first-order valence-corrected chi connectivity index (χ1v) is 5.70. The van der Waals surface area contributed by atoms with Gasteiger partial charge in [-0.25, -0.2) is 0 Å². The van der Waals surface area contributed by atoms with Crippen molar-refractivity contribution >= 4 is 24.0 Å². The Kier molecular flexibility index (Phi) is 4.62. The van der Waals surface area contributed by atoms with E-state index in [1.807, 2.05) is 31.2 Å². The summed E-state index contributed by atoms with van der Waals surface area (Å²) in [5, 5.41) is 14.2. The van der Waals surface area contributed by atoms with E-state index in [0.29, 0.717) is 5.02 Å². The lowest BCUT2D eigenvalue weighted by atomic mass is 9.81. The molecule has 2 rings (SSSR count). The third-order valence-corrected chi connectivity index (χ3v) is 3.47. The molecule has 0 radical (unpaired) electrons. The maximum absolute atomic E-state index is 10.1. The number of benzene rings is 1. The van der Waals surface area contributed by atoms with Crippen molar-refractivity contribution in [3.63, 3.8) is 0 Å². The average molecular weight is 262 g/mol. The molecular weight excluding hydrogens is 245 g/mol. The predicted octanol–water partition coefficient (Wildman–Crippen LogP) is 2.72. The first kappa shape index (κ1) is 13.8. The molecule has 0 saturated carbocycles. The smallest absolute Gasteiger partial charge is 0.0761 e. The molecule has 0 aliphatic carbocycles. The van der Waals surface area contributed by atoms with Crippen LogP contribution in [0.2, 0.25) is 5.02 Å². The highest BCUT2D eigenvalue weighted by Gasteiger charge is 2.36. The Morgan fingerprint density at radius 1 is 1.50 bits per heavy atom. The molecular formula is C12H17Cl2NO. The summed E-state index contributed by atoms with van der Waals surface area (Å²) in [7, 11) is 0. The summed E-state index contributed by atoms with van der Waals surface area (Å²) < 4.78 is 0. The van der Waals surface area contributed by atoms with E-state index in [-0.39, 0.29) is 24.0 Å². The van der Waals surface area contributed by atoms with E-state index < -0.39 is 0 Å². The van der Waals surface area contributed by atoms with Crippen molar-refractivity contribution < 1.29 is 5.11 Å². The molecule has 1 aromatic rings. The Bertz CT molecular complexity index is 359. The van der Waals surface area contributed by atoms with Gasteiger partial charge in [-0.15, -0.1) is 12.4 Å². The van der Waals surface area contributed by atoms with Crippen molar-refractivity contribution in [1.29, 1.82) is 0 Å². The second kappa shape index (κ2) is 5.37. The Hall–Kier alpha value is -0.280. The van der Waals surface area contributed by atoms with Gasteiger partial charge in [0.15, 0.2) is 0 Å². The van der Waals surface area contributed by atoms with Gasteiger partial charge in [0.25, 0.3) is 0 Å². The van der Waals surface area contributed by atoms with Crippen LogP contribution in [0.1, 0.15) is 25.3 Å². The lowest BCUT2D eigenvalue weighted by Crippen LogP contribution is -2.53. The van der Waals surface area contributed by atoms with E-state index >= 15 is 0 Å². The minimum Gasteiger partial charge on any atom is -0.391 e. The standard InChI is InChI=1S/C12H16ClNO.ClH/c1-12(11(15)6-3-7-14-12)9-4-2-5-10(13)8-9;/h2,4-5,8,11,14-15H,3,6-7H2,1H3;1H. The summed E-state index contributed by atoms with van der Waals surface area (Å²) in [6, 6.07) is 7.70. The molecule has 16 heavy (non-hydrogen) atoms. The van der Waals surface area contributed by atoms with Crippen molar-refractivity contribution in [2.45, 2.75) is 31.4 Å². The SMILES string of the molecule is CC1(c2cccc(Cl)c2)NCCCC1O.Cl. The number of aliphatic hydroxyl groups excluding tert-OH is 1. The highest BCUT2D eigenvalue weighted by atomic mass is 35.5. The molecule has 1 aliphatic heterocycles. The molecule has 1 fully saturated rings. The molecule has 0 aromatic heterocycles. The van der Waals surface area contributed by atoms with Gasteiger partial charge in [-0.1, -0.05) is 23.7 Å². The van der Waals surface area contributed by atoms with Crippen LogP contribution in [-0.2, 0) is 5.54 Å². The number of rotatable bonds is 1. The van der Waals surface area contributed by atoms with Crippen LogP contribution in [0.15, 0.2) is 24.3 Å². The van der Waals surface area contributed by atoms with Gasteiger partial charge in [0.2, 0.25) is 0 Å². The maximum Gasteiger partial charge on any atom is 0.0761 e. The van der Waals surface area contributed by atoms with Crippen molar-refractivity contribution in [3.05, 3.63) is 34.9 Å². The van der Waals surface area contributed by atoms with Crippen molar-refractivity contribution in [2.75, 3.05) is 6.54 Å². The van der Waals surface area contributed by atoms with Crippen LogP contribution in [-0.4, -0.2) is 17.8 Å². The summed E-state index contributed by atoms with van der Waals surface area (Å²) in [5.41, 5.74) is 0.700. The second-order valence-electron chi connectivity index (χ2n) is 4.30. The second-order valence-corrected chi connectivity index (χ2v) is 4.73. The minimum absolute atomic E-state index is 0. The fourth-order valence-electron chi connectivity index (χ4n) is 2.16. The molecule has 0 bridgehead atoms. The molecule has 90 valence electrons. The third-order valence-electron chi connectivity index (χ3n) is 3.24. The van der Waals surface area contributed by atoms with E-state index in [0.717, 1.165) is 24.9 Å². The summed E-state index contributed by atoms with van der Waals surface area (Å²) >= 11 is 5.96. The molecule has 2 unspecified atom stereocenters. The lowest BCUT2D eigenvalue weighted by molar-refractivity contribution is 0.0385. The average Bonchev–Trinajstić information content (AvgIpc) is 2.23. The fraction of sp³-hybridized carbons (Fsp3) is 0.500. The van der Waals surface area contributed by atoms with Gasteiger partial charge < -0.3 is 10.4 Å². The van der Waals surface area contributed by atoms with Crippen LogP contribution in [0.4, 0.5) is 0 Å². The van der Waals surface area contributed by atoms with Crippen molar-refractivity contribution in [1.82, 2.24) is 5.32 Å². The van der Waals surface area contributed by atoms with E-state index in [9.17, 15) is 5.11 Å². The van der Waals surface area contributed by atoms with Gasteiger partial charge in [-0.2, -0.15) is 0 Å². The Balaban J connectivity index is 0.00000128. The first-order chi connectivity index (χ1) is 7.13. The topological polar surface area (TPSA) is 32.3 Å². The highest BCUT2D eigenvalue weighted by molar-refractivity contribution is 6.30. The number of piperidine rings is 1. The van der Waals surface area contributed by atoms with E-state index in [4.69, 9.17) is 11.6 Å². The zero-order valence-electron chi connectivity index (χ0n) is 9.24. The number of hydrogen-bond acceptors (Lipinski definition) is 2. The van der Waals surface area contributed by atoms with Crippen LogP contribution in [0.25, 0.3) is 0 Å². The number of halogens is 2. The molecule has 1 heterocycles. The van der Waals surface area contributed by atoms with Gasteiger partial charge in [0.05, 0.1) is 11.6 Å². The Labute approximate surface area is 107 Å². The molecule has 2 atom stereocenters. The number of aliphatic hydroxyl groups is 1. The summed E-state index contributed by atoms with van der Waals surface area (Å²) in [5.74, 6) is 0. The van der Waals surface area contributed by atoms with Crippen LogP contribution >= 0.6 is 24.0 Å². The van der Waals surface area contributed by atoms with Crippen LogP contribution in [0.3, 0.4) is 0 Å². The first-order valence-electron chi connectivity index (χ1n) is 5.32. The number of hydrogen-bond donors (Lipinski definition) is 2. The maximum atomic E-state index is 10.1. The van der Waals surface area contributed by atoms with E-state index in [2.05, 4.69) is 5.32 Å². The van der Waals surface area contributed by atoms with E-state index in [1.165, 1.54) is 0 Å². The van der Waals surface area contributed by atoms with Crippen molar-refractivity contribution in [2.24, 2.45) is 0 Å². The summed E-state index contributed by atoms with van der Waals surface area (Å²) in [4.78, 5) is 0. The molecule has 1 saturated heterocycles. The van der Waals surface area contributed by atoms with Gasteiger partial charge in [0.1, 0.15) is 0 Å². The molecule has 1 aliphatic rings. The van der Waals surface area contributed by atoms with Gasteiger partial charge in [-0.3, -0.25) is 0 Å². The van der Waals surface area contributed by atoms with Crippen LogP contribution in [0, 0.1) is 0 Å².